The van der Waals surface area contributed by atoms with E-state index in [1.807, 2.05) is 42.2 Å². The summed E-state index contributed by atoms with van der Waals surface area (Å²) in [7, 11) is 0. The van der Waals surface area contributed by atoms with E-state index >= 15 is 0 Å². The van der Waals surface area contributed by atoms with Crippen LogP contribution >= 0.6 is 15.9 Å². The van der Waals surface area contributed by atoms with Crippen molar-refractivity contribution in [3.63, 3.8) is 0 Å². The van der Waals surface area contributed by atoms with Gasteiger partial charge >= 0.3 is 6.01 Å². The van der Waals surface area contributed by atoms with Gasteiger partial charge in [0.25, 0.3) is 5.56 Å². The van der Waals surface area contributed by atoms with Crippen LogP contribution in [0.3, 0.4) is 0 Å². The van der Waals surface area contributed by atoms with Crippen molar-refractivity contribution in [2.45, 2.75) is 19.9 Å². The Morgan fingerprint density at radius 3 is 2.61 bits per heavy atom. The molecule has 2 heterocycles. The van der Waals surface area contributed by atoms with Crippen molar-refractivity contribution in [1.82, 2.24) is 4.98 Å². The predicted octanol–water partition coefficient (Wildman–Crippen LogP) is 4.27. The van der Waals surface area contributed by atoms with Crippen LogP contribution in [-0.2, 0) is 4.74 Å². The van der Waals surface area contributed by atoms with Crippen LogP contribution in [0.2, 0.25) is 0 Å². The van der Waals surface area contributed by atoms with Gasteiger partial charge in [0, 0.05) is 28.8 Å². The van der Waals surface area contributed by atoms with E-state index in [2.05, 4.69) is 39.2 Å². The average molecular weight is 444 g/mol. The summed E-state index contributed by atoms with van der Waals surface area (Å²) < 4.78 is 12.6. The summed E-state index contributed by atoms with van der Waals surface area (Å²) in [6.45, 7) is 6.57. The summed E-state index contributed by atoms with van der Waals surface area (Å²) in [6.07, 6.45) is 0. The molecule has 7 heteroatoms. The van der Waals surface area contributed by atoms with Gasteiger partial charge in [0.05, 0.1) is 24.6 Å². The fraction of sp³-hybridized carbons (Fsp3) is 0.333. The zero-order chi connectivity index (χ0) is 19.7. The number of halogens is 1. The quantitative estimate of drug-likeness (QED) is 0.649. The lowest BCUT2D eigenvalue weighted by molar-refractivity contribution is 0.120. The summed E-state index contributed by atoms with van der Waals surface area (Å²) in [4.78, 5) is 18.9. The first kappa shape index (κ1) is 19.0. The maximum Gasteiger partial charge on any atom is 0.301 e. The molecule has 1 saturated heterocycles. The van der Waals surface area contributed by atoms with Crippen molar-refractivity contribution < 1.29 is 9.15 Å². The Morgan fingerprint density at radius 2 is 1.89 bits per heavy atom. The molecule has 2 aromatic carbocycles. The second-order valence-electron chi connectivity index (χ2n) is 7.00. The van der Waals surface area contributed by atoms with Gasteiger partial charge in [0.15, 0.2) is 0 Å². The second-order valence-corrected chi connectivity index (χ2v) is 7.92. The Morgan fingerprint density at radius 1 is 1.18 bits per heavy atom. The van der Waals surface area contributed by atoms with Crippen molar-refractivity contribution >= 4 is 38.6 Å². The number of nitrogens with one attached hydrogen (secondary N) is 1. The van der Waals surface area contributed by atoms with Gasteiger partial charge in [0.2, 0.25) is 0 Å². The van der Waals surface area contributed by atoms with Gasteiger partial charge in [-0.3, -0.25) is 4.79 Å². The molecule has 0 bridgehead atoms. The highest BCUT2D eigenvalue weighted by Gasteiger charge is 2.20. The van der Waals surface area contributed by atoms with Gasteiger partial charge in [-0.15, -0.1) is 0 Å². The molecule has 0 amide bonds. The fourth-order valence-corrected chi connectivity index (χ4v) is 3.68. The number of aryl methyl sites for hydroxylation is 1. The fourth-order valence-electron chi connectivity index (χ4n) is 3.42. The number of hydrogen-bond acceptors (Lipinski definition) is 6. The van der Waals surface area contributed by atoms with Crippen LogP contribution < -0.4 is 15.8 Å². The molecular formula is C21H22BrN3O3. The average Bonchev–Trinajstić information content (AvgIpc) is 2.70. The van der Waals surface area contributed by atoms with Gasteiger partial charge in [-0.2, -0.15) is 4.98 Å². The molecule has 3 aromatic rings. The number of fused-ring (bicyclic) bond motifs is 1. The lowest BCUT2D eigenvalue weighted by Gasteiger charge is -2.26. The van der Waals surface area contributed by atoms with E-state index in [0.717, 1.165) is 21.3 Å². The number of aromatic nitrogens is 1. The number of anilines is 2. The number of morpholine rings is 1. The summed E-state index contributed by atoms with van der Waals surface area (Å²) in [6, 6.07) is 12.2. The van der Waals surface area contributed by atoms with Crippen LogP contribution in [0.1, 0.15) is 24.1 Å². The standard InChI is InChI=1S/C21H22BrN3O3/c1-13-11-17(14(2)23-16-5-3-15(22)4-6-16)19-18(12-13)20(26)24-21(28-19)25-7-9-27-10-8-25/h3-6,11-12,14,23H,7-10H2,1-2H3. The maximum atomic E-state index is 12.7. The number of hydrogen-bond donors (Lipinski definition) is 1. The minimum Gasteiger partial charge on any atom is -0.424 e. The van der Waals surface area contributed by atoms with E-state index in [0.29, 0.717) is 43.3 Å². The number of ether oxygens (including phenoxy) is 1. The van der Waals surface area contributed by atoms with Gasteiger partial charge in [-0.05, 0) is 49.7 Å². The number of nitrogens with zero attached hydrogens (tertiary/aromatic N) is 2. The zero-order valence-corrected chi connectivity index (χ0v) is 17.5. The molecule has 0 saturated carbocycles. The van der Waals surface area contributed by atoms with E-state index in [4.69, 9.17) is 9.15 Å². The second kappa shape index (κ2) is 7.93. The molecule has 1 N–H and O–H groups in total. The van der Waals surface area contributed by atoms with Crippen molar-refractivity contribution in [3.8, 4) is 0 Å². The summed E-state index contributed by atoms with van der Waals surface area (Å²) in [5.74, 6) is 0. The molecule has 1 fully saturated rings. The normalized spacial score (nSPS) is 15.6. The van der Waals surface area contributed by atoms with Crippen LogP contribution in [0.4, 0.5) is 11.7 Å². The van der Waals surface area contributed by atoms with E-state index in [9.17, 15) is 4.79 Å². The first-order valence-corrected chi connectivity index (χ1v) is 10.1. The van der Waals surface area contributed by atoms with E-state index in [1.54, 1.807) is 0 Å². The minimum absolute atomic E-state index is 0.0494. The molecule has 0 aliphatic carbocycles. The summed E-state index contributed by atoms with van der Waals surface area (Å²) in [5, 5.41) is 4.00. The van der Waals surface area contributed by atoms with Crippen LogP contribution in [0.25, 0.3) is 11.0 Å². The topological polar surface area (TPSA) is 67.6 Å². The molecule has 1 atom stereocenters. The van der Waals surface area contributed by atoms with Gasteiger partial charge in [-0.1, -0.05) is 22.0 Å². The first-order valence-electron chi connectivity index (χ1n) is 9.31. The summed E-state index contributed by atoms with van der Waals surface area (Å²) >= 11 is 3.45. The smallest absolute Gasteiger partial charge is 0.301 e. The third kappa shape index (κ3) is 3.91. The molecule has 0 spiro atoms. The van der Waals surface area contributed by atoms with E-state index in [1.165, 1.54) is 0 Å². The molecule has 28 heavy (non-hydrogen) atoms. The van der Waals surface area contributed by atoms with Gasteiger partial charge in [-0.25, -0.2) is 0 Å². The molecule has 0 radical (unpaired) electrons. The van der Waals surface area contributed by atoms with Crippen LogP contribution in [0.5, 0.6) is 0 Å². The van der Waals surface area contributed by atoms with Gasteiger partial charge in [0.1, 0.15) is 5.58 Å². The van der Waals surface area contributed by atoms with E-state index < -0.39 is 0 Å². The Bertz CT molecular complexity index is 1040. The van der Waals surface area contributed by atoms with Crippen LogP contribution in [0.15, 0.2) is 50.1 Å². The molecule has 1 aliphatic rings. The monoisotopic (exact) mass is 443 g/mol. The summed E-state index contributed by atoms with van der Waals surface area (Å²) in [5.41, 5.74) is 3.26. The highest BCUT2D eigenvalue weighted by atomic mass is 79.9. The van der Waals surface area contributed by atoms with Crippen molar-refractivity contribution in [1.29, 1.82) is 0 Å². The predicted molar refractivity (Wildman–Crippen MR) is 114 cm³/mol. The van der Waals surface area contributed by atoms with Gasteiger partial charge < -0.3 is 19.4 Å². The van der Waals surface area contributed by atoms with Crippen molar-refractivity contribution in [3.05, 3.63) is 62.4 Å². The highest BCUT2D eigenvalue weighted by molar-refractivity contribution is 9.10. The SMILES string of the molecule is Cc1cc(C(C)Nc2ccc(Br)cc2)c2oc(N3CCOCC3)nc(=O)c2c1. The molecule has 1 aromatic heterocycles. The number of rotatable bonds is 4. The Hall–Kier alpha value is -2.38. The zero-order valence-electron chi connectivity index (χ0n) is 15.9. The Kier molecular flexibility index (Phi) is 5.37. The lowest BCUT2D eigenvalue weighted by atomic mass is 10.0. The van der Waals surface area contributed by atoms with Crippen molar-refractivity contribution in [2.24, 2.45) is 0 Å². The maximum absolute atomic E-state index is 12.7. The Balaban J connectivity index is 1.76. The third-order valence-electron chi connectivity index (χ3n) is 4.86. The molecule has 6 nitrogen and oxygen atoms in total. The van der Waals surface area contributed by atoms with Crippen molar-refractivity contribution in [2.75, 3.05) is 36.5 Å². The van der Waals surface area contributed by atoms with Crippen LogP contribution in [-0.4, -0.2) is 31.3 Å². The number of benzene rings is 2. The minimum atomic E-state index is -0.261. The lowest BCUT2D eigenvalue weighted by Crippen LogP contribution is -2.37. The molecule has 1 aliphatic heterocycles. The Labute approximate surface area is 171 Å². The first-order chi connectivity index (χ1) is 13.5. The molecule has 146 valence electrons. The molecule has 1 unspecified atom stereocenters. The molecule has 4 rings (SSSR count). The van der Waals surface area contributed by atoms with E-state index in [-0.39, 0.29) is 11.6 Å². The largest absolute Gasteiger partial charge is 0.424 e. The third-order valence-corrected chi connectivity index (χ3v) is 5.39. The van der Waals surface area contributed by atoms with Crippen LogP contribution in [0, 0.1) is 6.92 Å². The molecular weight excluding hydrogens is 422 g/mol. The highest BCUT2D eigenvalue weighted by Crippen LogP contribution is 2.29.